The number of aromatic amines is 2. The zero-order chi connectivity index (χ0) is 21.8. The number of thiophene rings is 1. The predicted octanol–water partition coefficient (Wildman–Crippen LogP) is 3.66. The molecule has 0 aliphatic heterocycles. The summed E-state index contributed by atoms with van der Waals surface area (Å²) in [6.07, 6.45) is 3.48. The summed E-state index contributed by atoms with van der Waals surface area (Å²) in [6, 6.07) is 8.66. The SMILES string of the molecule is Cn1cc(-c2ccc3[nH]nc(-c4nc5c(-c6ccc(F)s6)nccc5[nH]4)c3n2)c(CO)n1. The Kier molecular flexibility index (Phi) is 4.13. The lowest BCUT2D eigenvalue weighted by molar-refractivity contribution is 0.276. The second-order valence-corrected chi connectivity index (χ2v) is 8.26. The molecule has 158 valence electrons. The average molecular weight is 446 g/mol. The molecule has 0 aliphatic rings. The van der Waals surface area contributed by atoms with Gasteiger partial charge in [0.05, 0.1) is 33.9 Å². The van der Waals surface area contributed by atoms with Crippen LogP contribution in [0.15, 0.2) is 42.7 Å². The topological polar surface area (TPSA) is 121 Å². The van der Waals surface area contributed by atoms with E-state index in [9.17, 15) is 9.50 Å². The van der Waals surface area contributed by atoms with E-state index in [4.69, 9.17) is 9.97 Å². The molecule has 6 aromatic heterocycles. The average Bonchev–Trinajstić information content (AvgIpc) is 3.57. The molecule has 0 aliphatic carbocycles. The first-order valence-electron chi connectivity index (χ1n) is 9.70. The molecule has 3 N–H and O–H groups in total. The molecular weight excluding hydrogens is 431 g/mol. The van der Waals surface area contributed by atoms with Gasteiger partial charge in [0.1, 0.15) is 16.7 Å². The zero-order valence-corrected chi connectivity index (χ0v) is 17.5. The van der Waals surface area contributed by atoms with Crippen LogP contribution in [0.1, 0.15) is 5.69 Å². The van der Waals surface area contributed by atoms with Gasteiger partial charge in [0.15, 0.2) is 16.6 Å². The lowest BCUT2D eigenvalue weighted by atomic mass is 10.1. The predicted molar refractivity (Wildman–Crippen MR) is 118 cm³/mol. The van der Waals surface area contributed by atoms with E-state index in [0.29, 0.717) is 44.5 Å². The number of aryl methyl sites for hydroxylation is 1. The molecule has 6 heterocycles. The number of aliphatic hydroxyl groups excluding tert-OH is 1. The Morgan fingerprint density at radius 3 is 2.75 bits per heavy atom. The molecule has 0 saturated carbocycles. The Morgan fingerprint density at radius 2 is 1.94 bits per heavy atom. The van der Waals surface area contributed by atoms with Crippen LogP contribution in [0.2, 0.25) is 0 Å². The van der Waals surface area contributed by atoms with Gasteiger partial charge in [0, 0.05) is 25.0 Å². The minimum absolute atomic E-state index is 0.184. The third kappa shape index (κ3) is 2.90. The lowest BCUT2D eigenvalue weighted by Gasteiger charge is -2.00. The number of imidazole rings is 1. The molecule has 6 aromatic rings. The van der Waals surface area contributed by atoms with E-state index in [1.165, 1.54) is 6.07 Å². The zero-order valence-electron chi connectivity index (χ0n) is 16.7. The van der Waals surface area contributed by atoms with Gasteiger partial charge in [-0.1, -0.05) is 0 Å². The summed E-state index contributed by atoms with van der Waals surface area (Å²) in [5.74, 6) is 0.524. The number of rotatable bonds is 4. The maximum absolute atomic E-state index is 13.6. The number of H-pyrrole nitrogens is 2. The standard InChI is InChI=1S/C21H15FN8OS/c1-30-8-10(14(9-31)29-30)11-2-3-13-18(24-11)20(28-27-13)21-25-12-6-7-23-19(17(12)26-21)15-4-5-16(22)32-15/h2-8,31H,9H2,1H3,(H,25,26)(H,27,28). The van der Waals surface area contributed by atoms with Crippen LogP contribution in [-0.4, -0.2) is 45.0 Å². The van der Waals surface area contributed by atoms with Gasteiger partial charge < -0.3 is 10.1 Å². The summed E-state index contributed by atoms with van der Waals surface area (Å²) in [5.41, 5.74) is 5.90. The maximum atomic E-state index is 13.6. The van der Waals surface area contributed by atoms with Crippen LogP contribution in [-0.2, 0) is 13.7 Å². The molecule has 0 spiro atoms. The highest BCUT2D eigenvalue weighted by Crippen LogP contribution is 2.33. The van der Waals surface area contributed by atoms with E-state index in [1.54, 1.807) is 24.0 Å². The highest BCUT2D eigenvalue weighted by atomic mass is 32.1. The van der Waals surface area contributed by atoms with Crippen LogP contribution in [0, 0.1) is 5.13 Å². The molecule has 0 unspecified atom stereocenters. The van der Waals surface area contributed by atoms with Crippen LogP contribution < -0.4 is 0 Å². The van der Waals surface area contributed by atoms with Crippen molar-refractivity contribution in [1.29, 1.82) is 0 Å². The molecule has 0 radical (unpaired) electrons. The fourth-order valence-corrected chi connectivity index (χ4v) is 4.48. The first-order chi connectivity index (χ1) is 15.6. The van der Waals surface area contributed by atoms with E-state index in [-0.39, 0.29) is 11.7 Å². The first kappa shape index (κ1) is 18.8. The molecule has 9 nitrogen and oxygen atoms in total. The van der Waals surface area contributed by atoms with Crippen LogP contribution in [0.25, 0.3) is 55.4 Å². The van der Waals surface area contributed by atoms with E-state index in [0.717, 1.165) is 27.9 Å². The molecule has 0 fully saturated rings. The summed E-state index contributed by atoms with van der Waals surface area (Å²) >= 11 is 1.02. The van der Waals surface area contributed by atoms with Crippen molar-refractivity contribution in [3.05, 3.63) is 53.6 Å². The minimum atomic E-state index is -0.276. The second kappa shape index (κ2) is 7.04. The van der Waals surface area contributed by atoms with Gasteiger partial charge in [0.2, 0.25) is 0 Å². The van der Waals surface area contributed by atoms with Gasteiger partial charge in [-0.25, -0.2) is 9.97 Å². The van der Waals surface area contributed by atoms with E-state index < -0.39 is 0 Å². The van der Waals surface area contributed by atoms with Crippen LogP contribution in [0.5, 0.6) is 0 Å². The molecule has 0 bridgehead atoms. The van der Waals surface area contributed by atoms with Crippen LogP contribution in [0.4, 0.5) is 4.39 Å². The third-order valence-electron chi connectivity index (χ3n) is 5.17. The highest BCUT2D eigenvalue weighted by Gasteiger charge is 2.19. The highest BCUT2D eigenvalue weighted by molar-refractivity contribution is 7.13. The molecule has 32 heavy (non-hydrogen) atoms. The lowest BCUT2D eigenvalue weighted by Crippen LogP contribution is -1.92. The van der Waals surface area contributed by atoms with Crippen molar-refractivity contribution < 1.29 is 9.50 Å². The Hall–Kier alpha value is -3.96. The summed E-state index contributed by atoms with van der Waals surface area (Å²) < 4.78 is 15.2. The fraction of sp³-hybridized carbons (Fsp3) is 0.0952. The van der Waals surface area contributed by atoms with Crippen molar-refractivity contribution in [3.63, 3.8) is 0 Å². The van der Waals surface area contributed by atoms with Crippen molar-refractivity contribution in [1.82, 2.24) is 39.9 Å². The summed E-state index contributed by atoms with van der Waals surface area (Å²) in [5, 5.41) is 21.0. The molecule has 6 rings (SSSR count). The van der Waals surface area contributed by atoms with Gasteiger partial charge in [-0.05, 0) is 30.3 Å². The number of nitrogens with one attached hydrogen (secondary N) is 2. The maximum Gasteiger partial charge on any atom is 0.177 e. The van der Waals surface area contributed by atoms with E-state index in [1.807, 2.05) is 24.4 Å². The van der Waals surface area contributed by atoms with Crippen LogP contribution in [0.3, 0.4) is 0 Å². The van der Waals surface area contributed by atoms with E-state index >= 15 is 0 Å². The quantitative estimate of drug-likeness (QED) is 0.380. The minimum Gasteiger partial charge on any atom is -0.390 e. The van der Waals surface area contributed by atoms with Crippen molar-refractivity contribution in [2.45, 2.75) is 6.61 Å². The number of hydrogen-bond donors (Lipinski definition) is 3. The Balaban J connectivity index is 1.51. The van der Waals surface area contributed by atoms with Gasteiger partial charge in [0.25, 0.3) is 0 Å². The Labute approximate surface area is 183 Å². The van der Waals surface area contributed by atoms with Crippen molar-refractivity contribution in [2.24, 2.45) is 7.05 Å². The summed E-state index contributed by atoms with van der Waals surface area (Å²) in [4.78, 5) is 17.9. The van der Waals surface area contributed by atoms with Gasteiger partial charge in [-0.15, -0.1) is 11.3 Å². The van der Waals surface area contributed by atoms with Crippen molar-refractivity contribution >= 4 is 33.4 Å². The number of halogens is 1. The number of aliphatic hydroxyl groups is 1. The number of hydrogen-bond acceptors (Lipinski definition) is 7. The molecule has 0 atom stereocenters. The molecule has 0 amide bonds. The van der Waals surface area contributed by atoms with Crippen molar-refractivity contribution in [3.8, 4) is 33.3 Å². The Bertz CT molecular complexity index is 1610. The monoisotopic (exact) mass is 446 g/mol. The summed E-state index contributed by atoms with van der Waals surface area (Å²) in [7, 11) is 1.80. The third-order valence-corrected chi connectivity index (χ3v) is 6.05. The second-order valence-electron chi connectivity index (χ2n) is 7.23. The van der Waals surface area contributed by atoms with Crippen molar-refractivity contribution in [2.75, 3.05) is 0 Å². The molecule has 0 saturated heterocycles. The molecule has 0 aromatic carbocycles. The van der Waals surface area contributed by atoms with Gasteiger partial charge in [-0.2, -0.15) is 14.6 Å². The molecular formula is C21H15FN8OS. The number of aromatic nitrogens is 8. The molecule has 11 heteroatoms. The van der Waals surface area contributed by atoms with Gasteiger partial charge in [-0.3, -0.25) is 14.8 Å². The van der Waals surface area contributed by atoms with E-state index in [2.05, 4.69) is 25.3 Å². The smallest absolute Gasteiger partial charge is 0.177 e. The Morgan fingerprint density at radius 1 is 1.06 bits per heavy atom. The number of nitrogens with zero attached hydrogens (tertiary/aromatic N) is 6. The normalized spacial score (nSPS) is 11.7. The van der Waals surface area contributed by atoms with Crippen LogP contribution >= 0.6 is 11.3 Å². The van der Waals surface area contributed by atoms with Gasteiger partial charge >= 0.3 is 0 Å². The fourth-order valence-electron chi connectivity index (χ4n) is 3.75. The largest absolute Gasteiger partial charge is 0.390 e. The first-order valence-corrected chi connectivity index (χ1v) is 10.5. The number of pyridine rings is 2. The summed E-state index contributed by atoms with van der Waals surface area (Å²) in [6.45, 7) is -0.184. The number of fused-ring (bicyclic) bond motifs is 2.